The van der Waals surface area contributed by atoms with Gasteiger partial charge in [-0.1, -0.05) is 41.6 Å². The van der Waals surface area contributed by atoms with Gasteiger partial charge in [-0.15, -0.1) is 0 Å². The van der Waals surface area contributed by atoms with Gasteiger partial charge in [-0.2, -0.15) is 4.98 Å². The molecule has 4 rings (SSSR count). The molecule has 0 saturated carbocycles. The average molecular weight is 309 g/mol. The molecule has 1 N–H and O–H groups in total. The first-order valence-electron chi connectivity index (χ1n) is 7.40. The third-order valence-electron chi connectivity index (χ3n) is 3.51. The molecule has 1 aliphatic heterocycles. The highest BCUT2D eigenvalue weighted by Crippen LogP contribution is 2.31. The van der Waals surface area contributed by atoms with Crippen LogP contribution >= 0.6 is 0 Å². The van der Waals surface area contributed by atoms with Gasteiger partial charge in [-0.25, -0.2) is 0 Å². The molecule has 6 heteroatoms. The molecule has 0 aliphatic carbocycles. The molecule has 3 aromatic rings. The lowest BCUT2D eigenvalue weighted by Crippen LogP contribution is -2.15. The van der Waals surface area contributed by atoms with E-state index in [2.05, 4.69) is 15.5 Å². The summed E-state index contributed by atoms with van der Waals surface area (Å²) in [7, 11) is 0. The first-order valence-corrected chi connectivity index (χ1v) is 7.40. The van der Waals surface area contributed by atoms with E-state index in [1.54, 1.807) is 0 Å². The minimum Gasteiger partial charge on any atom is -0.486 e. The molecule has 2 heterocycles. The number of rotatable bonds is 4. The van der Waals surface area contributed by atoms with E-state index in [4.69, 9.17) is 14.0 Å². The fraction of sp³-hybridized carbons (Fsp3) is 0.176. The Labute approximate surface area is 133 Å². The van der Waals surface area contributed by atoms with Crippen LogP contribution in [0, 0.1) is 0 Å². The van der Waals surface area contributed by atoms with Gasteiger partial charge >= 0.3 is 6.01 Å². The molecule has 2 aromatic carbocycles. The molecule has 0 fully saturated rings. The highest BCUT2D eigenvalue weighted by molar-refractivity contribution is 5.55. The normalized spacial score (nSPS) is 12.9. The molecule has 0 spiro atoms. The van der Waals surface area contributed by atoms with E-state index in [9.17, 15) is 0 Å². The summed E-state index contributed by atoms with van der Waals surface area (Å²) in [6.45, 7) is 1.73. The quantitative estimate of drug-likeness (QED) is 0.798. The van der Waals surface area contributed by atoms with Crippen molar-refractivity contribution in [3.8, 4) is 22.9 Å². The second-order valence-electron chi connectivity index (χ2n) is 5.12. The van der Waals surface area contributed by atoms with Crippen LogP contribution in [0.2, 0.25) is 0 Å². The summed E-state index contributed by atoms with van der Waals surface area (Å²) in [5.41, 5.74) is 1.97. The summed E-state index contributed by atoms with van der Waals surface area (Å²) in [6, 6.07) is 15.9. The molecule has 0 saturated heterocycles. The zero-order valence-corrected chi connectivity index (χ0v) is 12.4. The first-order chi connectivity index (χ1) is 11.4. The molecule has 1 aromatic heterocycles. The van der Waals surface area contributed by atoms with Gasteiger partial charge in [0.1, 0.15) is 13.2 Å². The average Bonchev–Trinajstić information content (AvgIpc) is 3.10. The molecule has 1 aliphatic rings. The van der Waals surface area contributed by atoms with Crippen molar-refractivity contribution < 1.29 is 14.0 Å². The minimum absolute atomic E-state index is 0.388. The number of ether oxygens (including phenoxy) is 2. The number of aromatic nitrogens is 2. The van der Waals surface area contributed by atoms with Crippen molar-refractivity contribution in [1.29, 1.82) is 0 Å². The van der Waals surface area contributed by atoms with E-state index >= 15 is 0 Å². The Bertz CT molecular complexity index is 802. The number of nitrogens with zero attached hydrogens (tertiary/aromatic N) is 2. The topological polar surface area (TPSA) is 69.4 Å². The standard InChI is InChI=1S/C17H15N3O3/c1-2-4-13(5-3-1)16-19-17(23-20-16)18-11-12-6-7-14-15(10-12)22-9-8-21-14/h1-7,10H,8-9,11H2,(H,18,19,20). The Morgan fingerprint density at radius 2 is 1.78 bits per heavy atom. The van der Waals surface area contributed by atoms with Gasteiger partial charge < -0.3 is 19.3 Å². The SMILES string of the molecule is c1ccc(-c2noc(NCc3ccc4c(c3)OCCO4)n2)cc1. The summed E-state index contributed by atoms with van der Waals surface area (Å²) < 4.78 is 16.3. The summed E-state index contributed by atoms with van der Waals surface area (Å²) in [5, 5.41) is 7.10. The van der Waals surface area contributed by atoms with Crippen LogP contribution in [0.5, 0.6) is 11.5 Å². The van der Waals surface area contributed by atoms with Crippen LogP contribution in [0.1, 0.15) is 5.56 Å². The number of fused-ring (bicyclic) bond motifs is 1. The molecular weight excluding hydrogens is 294 g/mol. The highest BCUT2D eigenvalue weighted by atomic mass is 16.6. The number of nitrogens with one attached hydrogen (secondary N) is 1. The van der Waals surface area contributed by atoms with Gasteiger partial charge in [-0.05, 0) is 17.7 Å². The van der Waals surface area contributed by atoms with Crippen molar-refractivity contribution in [3.05, 3.63) is 54.1 Å². The predicted octanol–water partition coefficient (Wildman–Crippen LogP) is 3.12. The molecular formula is C17H15N3O3. The Hall–Kier alpha value is -3.02. The van der Waals surface area contributed by atoms with Crippen LogP contribution in [-0.4, -0.2) is 23.4 Å². The van der Waals surface area contributed by atoms with Gasteiger partial charge in [0.25, 0.3) is 0 Å². The molecule has 0 bridgehead atoms. The molecule has 23 heavy (non-hydrogen) atoms. The van der Waals surface area contributed by atoms with Crippen LogP contribution in [-0.2, 0) is 6.54 Å². The maximum Gasteiger partial charge on any atom is 0.322 e. The Morgan fingerprint density at radius 1 is 0.957 bits per heavy atom. The Balaban J connectivity index is 1.44. The van der Waals surface area contributed by atoms with E-state index in [1.165, 1.54) is 0 Å². The van der Waals surface area contributed by atoms with Crippen LogP contribution in [0.4, 0.5) is 6.01 Å². The van der Waals surface area contributed by atoms with Crippen LogP contribution < -0.4 is 14.8 Å². The van der Waals surface area contributed by atoms with Gasteiger partial charge in [0.15, 0.2) is 11.5 Å². The molecule has 0 unspecified atom stereocenters. The molecule has 0 amide bonds. The lowest BCUT2D eigenvalue weighted by molar-refractivity contribution is 0.171. The maximum absolute atomic E-state index is 5.57. The second kappa shape index (κ2) is 6.00. The highest BCUT2D eigenvalue weighted by Gasteiger charge is 2.12. The minimum atomic E-state index is 0.388. The summed E-state index contributed by atoms with van der Waals surface area (Å²) in [6.07, 6.45) is 0. The zero-order valence-electron chi connectivity index (χ0n) is 12.4. The Kier molecular flexibility index (Phi) is 3.56. The van der Waals surface area contributed by atoms with Crippen molar-refractivity contribution in [3.63, 3.8) is 0 Å². The third-order valence-corrected chi connectivity index (χ3v) is 3.51. The number of anilines is 1. The number of benzene rings is 2. The lowest BCUT2D eigenvalue weighted by Gasteiger charge is -2.18. The third kappa shape index (κ3) is 2.96. The maximum atomic E-state index is 5.57. The van der Waals surface area contributed by atoms with E-state index < -0.39 is 0 Å². The van der Waals surface area contributed by atoms with Crippen LogP contribution in [0.25, 0.3) is 11.4 Å². The Morgan fingerprint density at radius 3 is 2.65 bits per heavy atom. The van der Waals surface area contributed by atoms with Crippen LogP contribution in [0.3, 0.4) is 0 Å². The second-order valence-corrected chi connectivity index (χ2v) is 5.12. The molecule has 0 radical (unpaired) electrons. The summed E-state index contributed by atoms with van der Waals surface area (Å²) in [5.74, 6) is 2.12. The van der Waals surface area contributed by atoms with Crippen molar-refractivity contribution in [2.75, 3.05) is 18.5 Å². The largest absolute Gasteiger partial charge is 0.486 e. The van der Waals surface area contributed by atoms with E-state index in [0.717, 1.165) is 22.6 Å². The molecule has 6 nitrogen and oxygen atoms in total. The van der Waals surface area contributed by atoms with Crippen molar-refractivity contribution in [1.82, 2.24) is 10.1 Å². The van der Waals surface area contributed by atoms with Crippen molar-refractivity contribution in [2.45, 2.75) is 6.54 Å². The van der Waals surface area contributed by atoms with Crippen molar-refractivity contribution >= 4 is 6.01 Å². The first kappa shape index (κ1) is 13.6. The van der Waals surface area contributed by atoms with Crippen LogP contribution in [0.15, 0.2) is 53.1 Å². The summed E-state index contributed by atoms with van der Waals surface area (Å²) in [4.78, 5) is 4.34. The van der Waals surface area contributed by atoms with E-state index in [1.807, 2.05) is 48.5 Å². The van der Waals surface area contributed by atoms with Crippen molar-refractivity contribution in [2.24, 2.45) is 0 Å². The van der Waals surface area contributed by atoms with Gasteiger partial charge in [0, 0.05) is 12.1 Å². The van der Waals surface area contributed by atoms with Gasteiger partial charge in [0.2, 0.25) is 5.82 Å². The zero-order chi connectivity index (χ0) is 15.5. The fourth-order valence-electron chi connectivity index (χ4n) is 2.38. The fourth-order valence-corrected chi connectivity index (χ4v) is 2.38. The monoisotopic (exact) mass is 309 g/mol. The molecule has 116 valence electrons. The van der Waals surface area contributed by atoms with Gasteiger partial charge in [-0.3, -0.25) is 0 Å². The smallest absolute Gasteiger partial charge is 0.322 e. The predicted molar refractivity (Wildman–Crippen MR) is 84.5 cm³/mol. The molecule has 0 atom stereocenters. The van der Waals surface area contributed by atoms with E-state index in [0.29, 0.717) is 31.6 Å². The lowest BCUT2D eigenvalue weighted by atomic mass is 10.2. The summed E-state index contributed by atoms with van der Waals surface area (Å²) >= 11 is 0. The van der Waals surface area contributed by atoms with Gasteiger partial charge in [0.05, 0.1) is 0 Å². The van der Waals surface area contributed by atoms with E-state index in [-0.39, 0.29) is 0 Å². The number of hydrogen-bond acceptors (Lipinski definition) is 6. The number of hydrogen-bond donors (Lipinski definition) is 1.